The summed E-state index contributed by atoms with van der Waals surface area (Å²) in [6.45, 7) is 5.78. The molecule has 0 amide bonds. The van der Waals surface area contributed by atoms with Crippen LogP contribution in [0.2, 0.25) is 0 Å². The quantitative estimate of drug-likeness (QED) is 0.752. The van der Waals surface area contributed by atoms with Gasteiger partial charge in [0.05, 0.1) is 0 Å². The minimum atomic E-state index is 0.679. The molecule has 0 saturated heterocycles. The van der Waals surface area contributed by atoms with Crippen molar-refractivity contribution in [2.75, 3.05) is 18.5 Å². The maximum Gasteiger partial charge on any atom is 0.0430 e. The van der Waals surface area contributed by atoms with Gasteiger partial charge in [-0.15, -0.1) is 0 Å². The van der Waals surface area contributed by atoms with E-state index in [1.807, 2.05) is 6.20 Å². The molecule has 0 aliphatic carbocycles. The highest BCUT2D eigenvalue weighted by atomic mass is 15.1. The Morgan fingerprint density at radius 3 is 3.13 bits per heavy atom. The maximum absolute atomic E-state index is 4.26. The first kappa shape index (κ1) is 10.5. The smallest absolute Gasteiger partial charge is 0.0430 e. The molecule has 1 aromatic heterocycles. The van der Waals surface area contributed by atoms with Gasteiger partial charge in [-0.2, -0.15) is 0 Å². The summed E-state index contributed by atoms with van der Waals surface area (Å²) in [7, 11) is 2.18. The van der Waals surface area contributed by atoms with Gasteiger partial charge in [0, 0.05) is 37.6 Å². The van der Waals surface area contributed by atoms with Crippen LogP contribution >= 0.6 is 0 Å². The van der Waals surface area contributed by atoms with Gasteiger partial charge in [-0.3, -0.25) is 4.98 Å². The molecule has 2 unspecified atom stereocenters. The summed E-state index contributed by atoms with van der Waals surface area (Å²) in [5, 5.41) is 0. The average molecular weight is 204 g/mol. The predicted octanol–water partition coefficient (Wildman–Crippen LogP) is 3.05. The Hall–Kier alpha value is -1.05. The molecular weight excluding hydrogens is 184 g/mol. The van der Waals surface area contributed by atoms with E-state index >= 15 is 0 Å². The van der Waals surface area contributed by atoms with E-state index in [9.17, 15) is 0 Å². The SMILES string of the molecule is CCCC(C)C1CN(C)c2ccncc21. The molecule has 1 aliphatic rings. The highest BCUT2D eigenvalue weighted by molar-refractivity contribution is 5.58. The van der Waals surface area contributed by atoms with Crippen molar-refractivity contribution >= 4 is 5.69 Å². The predicted molar refractivity (Wildman–Crippen MR) is 64.3 cm³/mol. The summed E-state index contributed by atoms with van der Waals surface area (Å²) in [5.41, 5.74) is 2.82. The van der Waals surface area contributed by atoms with E-state index in [0.29, 0.717) is 5.92 Å². The minimum absolute atomic E-state index is 0.679. The van der Waals surface area contributed by atoms with Crippen LogP contribution in [0.1, 0.15) is 38.2 Å². The lowest BCUT2D eigenvalue weighted by molar-refractivity contribution is 0.439. The molecule has 0 radical (unpaired) electrons. The lowest BCUT2D eigenvalue weighted by Gasteiger charge is -2.19. The molecule has 1 aliphatic heterocycles. The molecule has 2 atom stereocenters. The van der Waals surface area contributed by atoms with Gasteiger partial charge in [-0.25, -0.2) is 0 Å². The summed E-state index contributed by atoms with van der Waals surface area (Å²) in [4.78, 5) is 6.61. The summed E-state index contributed by atoms with van der Waals surface area (Å²) >= 11 is 0. The highest BCUT2D eigenvalue weighted by Crippen LogP contribution is 2.39. The molecule has 0 saturated carbocycles. The first-order valence-corrected chi connectivity index (χ1v) is 5.89. The number of hydrogen-bond acceptors (Lipinski definition) is 2. The van der Waals surface area contributed by atoms with Crippen molar-refractivity contribution in [2.45, 2.75) is 32.6 Å². The van der Waals surface area contributed by atoms with Gasteiger partial charge in [-0.05, 0) is 17.5 Å². The van der Waals surface area contributed by atoms with E-state index in [0.717, 1.165) is 12.5 Å². The molecule has 2 heteroatoms. The van der Waals surface area contributed by atoms with E-state index in [2.05, 4.69) is 43.0 Å². The second-order valence-corrected chi connectivity index (χ2v) is 4.69. The number of hydrogen-bond donors (Lipinski definition) is 0. The van der Waals surface area contributed by atoms with Crippen LogP contribution in [0.3, 0.4) is 0 Å². The number of pyridine rings is 1. The zero-order chi connectivity index (χ0) is 10.8. The van der Waals surface area contributed by atoms with E-state index in [4.69, 9.17) is 0 Å². The summed E-state index contributed by atoms with van der Waals surface area (Å²) in [6, 6.07) is 2.13. The Bertz CT molecular complexity index is 335. The Labute approximate surface area is 92.3 Å². The van der Waals surface area contributed by atoms with Crippen molar-refractivity contribution in [1.29, 1.82) is 0 Å². The van der Waals surface area contributed by atoms with E-state index in [1.165, 1.54) is 24.1 Å². The fraction of sp³-hybridized carbons (Fsp3) is 0.615. The Balaban J connectivity index is 2.24. The van der Waals surface area contributed by atoms with Crippen LogP contribution in [0.5, 0.6) is 0 Å². The normalized spacial score (nSPS) is 21.5. The molecule has 15 heavy (non-hydrogen) atoms. The Morgan fingerprint density at radius 1 is 1.60 bits per heavy atom. The van der Waals surface area contributed by atoms with E-state index < -0.39 is 0 Å². The van der Waals surface area contributed by atoms with Crippen LogP contribution in [0.15, 0.2) is 18.5 Å². The number of rotatable bonds is 3. The number of fused-ring (bicyclic) bond motifs is 1. The molecule has 0 N–H and O–H groups in total. The topological polar surface area (TPSA) is 16.1 Å². The number of likely N-dealkylation sites (N-methyl/N-ethyl adjacent to an activating group) is 1. The molecular formula is C13H20N2. The summed E-state index contributed by atoms with van der Waals surface area (Å²) < 4.78 is 0. The Morgan fingerprint density at radius 2 is 2.40 bits per heavy atom. The third-order valence-corrected chi connectivity index (χ3v) is 3.54. The third-order valence-electron chi connectivity index (χ3n) is 3.54. The summed E-state index contributed by atoms with van der Waals surface area (Å²) in [5.74, 6) is 1.45. The molecule has 82 valence electrons. The van der Waals surface area contributed by atoms with Gasteiger partial charge in [0.15, 0.2) is 0 Å². The molecule has 2 rings (SSSR count). The highest BCUT2D eigenvalue weighted by Gasteiger charge is 2.29. The van der Waals surface area contributed by atoms with Crippen LogP contribution < -0.4 is 4.90 Å². The molecule has 0 aromatic carbocycles. The number of aromatic nitrogens is 1. The van der Waals surface area contributed by atoms with Crippen molar-refractivity contribution in [3.8, 4) is 0 Å². The molecule has 0 fully saturated rings. The number of anilines is 1. The second-order valence-electron chi connectivity index (χ2n) is 4.69. The molecule has 1 aromatic rings. The summed E-state index contributed by atoms with van der Waals surface area (Å²) in [6.07, 6.45) is 6.53. The molecule has 0 bridgehead atoms. The maximum atomic E-state index is 4.26. The van der Waals surface area contributed by atoms with Crippen molar-refractivity contribution in [1.82, 2.24) is 4.98 Å². The minimum Gasteiger partial charge on any atom is -0.374 e. The first-order chi connectivity index (χ1) is 7.24. The molecule has 2 nitrogen and oxygen atoms in total. The second kappa shape index (κ2) is 4.21. The van der Waals surface area contributed by atoms with Crippen LogP contribution in [-0.2, 0) is 0 Å². The Kier molecular flexibility index (Phi) is 2.94. The third kappa shape index (κ3) is 1.85. The van der Waals surface area contributed by atoms with Crippen LogP contribution in [0.25, 0.3) is 0 Å². The zero-order valence-corrected chi connectivity index (χ0v) is 9.90. The largest absolute Gasteiger partial charge is 0.374 e. The van der Waals surface area contributed by atoms with Crippen molar-refractivity contribution < 1.29 is 0 Å². The van der Waals surface area contributed by atoms with Crippen LogP contribution in [-0.4, -0.2) is 18.6 Å². The van der Waals surface area contributed by atoms with E-state index in [1.54, 1.807) is 0 Å². The standard InChI is InChI=1S/C13H20N2/c1-4-5-10(2)12-9-15(3)13-6-7-14-8-11(12)13/h6-8,10,12H,4-5,9H2,1-3H3. The van der Waals surface area contributed by atoms with Gasteiger partial charge >= 0.3 is 0 Å². The lowest BCUT2D eigenvalue weighted by Crippen LogP contribution is -2.19. The first-order valence-electron chi connectivity index (χ1n) is 5.89. The van der Waals surface area contributed by atoms with E-state index in [-0.39, 0.29) is 0 Å². The van der Waals surface area contributed by atoms with Crippen molar-refractivity contribution in [3.05, 3.63) is 24.0 Å². The van der Waals surface area contributed by atoms with Crippen molar-refractivity contribution in [3.63, 3.8) is 0 Å². The van der Waals surface area contributed by atoms with Gasteiger partial charge in [-0.1, -0.05) is 26.7 Å². The fourth-order valence-corrected chi connectivity index (χ4v) is 2.67. The van der Waals surface area contributed by atoms with Gasteiger partial charge in [0.25, 0.3) is 0 Å². The van der Waals surface area contributed by atoms with Gasteiger partial charge in [0.2, 0.25) is 0 Å². The molecule has 0 spiro atoms. The van der Waals surface area contributed by atoms with Gasteiger partial charge < -0.3 is 4.90 Å². The zero-order valence-electron chi connectivity index (χ0n) is 9.90. The average Bonchev–Trinajstić information content (AvgIpc) is 2.58. The fourth-order valence-electron chi connectivity index (χ4n) is 2.67. The van der Waals surface area contributed by atoms with Crippen LogP contribution in [0.4, 0.5) is 5.69 Å². The monoisotopic (exact) mass is 204 g/mol. The number of nitrogens with zero attached hydrogens (tertiary/aromatic N) is 2. The van der Waals surface area contributed by atoms with Crippen LogP contribution in [0, 0.1) is 5.92 Å². The van der Waals surface area contributed by atoms with Crippen molar-refractivity contribution in [2.24, 2.45) is 5.92 Å². The molecule has 2 heterocycles. The van der Waals surface area contributed by atoms with Gasteiger partial charge in [0.1, 0.15) is 0 Å². The lowest BCUT2D eigenvalue weighted by atomic mass is 9.87.